The van der Waals surface area contributed by atoms with Gasteiger partial charge in [-0.1, -0.05) is 59.8 Å². The Morgan fingerprint density at radius 2 is 1.84 bits per heavy atom. The molecule has 3 aromatic rings. The Morgan fingerprint density at radius 3 is 2.68 bits per heavy atom. The summed E-state index contributed by atoms with van der Waals surface area (Å²) in [6.45, 7) is 4.77. The van der Waals surface area contributed by atoms with E-state index in [1.54, 1.807) is 0 Å². The number of aliphatic hydroxyl groups excluding tert-OH is 1. The third-order valence-corrected chi connectivity index (χ3v) is 7.59. The number of fused-ring (bicyclic) bond motifs is 2. The van der Waals surface area contributed by atoms with Crippen LogP contribution in [0.4, 0.5) is 5.69 Å². The van der Waals surface area contributed by atoms with Crippen molar-refractivity contribution in [2.45, 2.75) is 70.8 Å². The van der Waals surface area contributed by atoms with E-state index >= 15 is 0 Å². The van der Waals surface area contributed by atoms with Crippen LogP contribution in [0.25, 0.3) is 10.9 Å². The Morgan fingerprint density at radius 1 is 1.00 bits per heavy atom. The molecule has 31 heavy (non-hydrogen) atoms. The van der Waals surface area contributed by atoms with Gasteiger partial charge in [-0.25, -0.2) is 0 Å². The highest BCUT2D eigenvalue weighted by molar-refractivity contribution is 9.10. The average Bonchev–Trinajstić information content (AvgIpc) is 3.15. The molecule has 0 radical (unpaired) electrons. The molecule has 3 N–H and O–H groups in total. The maximum Gasteiger partial charge on any atom is 0.0457 e. The highest BCUT2D eigenvalue weighted by Crippen LogP contribution is 2.41. The number of hydrogen-bond acceptors (Lipinski definition) is 2. The molecule has 4 heteroatoms. The average molecular weight is 483 g/mol. The molecule has 166 valence electrons. The van der Waals surface area contributed by atoms with Gasteiger partial charge in [0.25, 0.3) is 0 Å². The van der Waals surface area contributed by atoms with Crippen LogP contribution in [-0.4, -0.2) is 22.7 Å². The van der Waals surface area contributed by atoms with Crippen LogP contribution in [0.15, 0.2) is 47.1 Å². The second kappa shape index (κ2) is 10.2. The number of nitrogens with one attached hydrogen (secondary N) is 2. The molecular weight excluding hydrogens is 448 g/mol. The third-order valence-electron chi connectivity index (χ3n) is 7.10. The molecule has 0 bridgehead atoms. The van der Waals surface area contributed by atoms with Crippen LogP contribution < -0.4 is 5.32 Å². The topological polar surface area (TPSA) is 48.0 Å². The van der Waals surface area contributed by atoms with Crippen molar-refractivity contribution in [1.82, 2.24) is 4.98 Å². The van der Waals surface area contributed by atoms with Crippen LogP contribution in [0.5, 0.6) is 0 Å². The van der Waals surface area contributed by atoms with Crippen molar-refractivity contribution < 1.29 is 5.11 Å². The molecule has 4 rings (SSSR count). The molecule has 3 nitrogen and oxygen atoms in total. The third kappa shape index (κ3) is 5.18. The first-order chi connectivity index (χ1) is 15.1. The van der Waals surface area contributed by atoms with Crippen molar-refractivity contribution in [2.24, 2.45) is 5.92 Å². The molecule has 2 unspecified atom stereocenters. The Kier molecular flexibility index (Phi) is 7.39. The lowest BCUT2D eigenvalue weighted by atomic mass is 9.75. The molecule has 2 aromatic carbocycles. The Bertz CT molecular complexity index is 1010. The lowest BCUT2D eigenvalue weighted by Crippen LogP contribution is -2.37. The van der Waals surface area contributed by atoms with E-state index < -0.39 is 0 Å². The van der Waals surface area contributed by atoms with Crippen molar-refractivity contribution in [3.05, 3.63) is 63.8 Å². The van der Waals surface area contributed by atoms with E-state index in [1.807, 2.05) is 0 Å². The Hall–Kier alpha value is -1.78. The van der Waals surface area contributed by atoms with Crippen LogP contribution in [-0.2, 0) is 6.42 Å². The number of benzene rings is 2. The Balaban J connectivity index is 1.27. The van der Waals surface area contributed by atoms with E-state index in [4.69, 9.17) is 0 Å². The summed E-state index contributed by atoms with van der Waals surface area (Å²) in [5.41, 5.74) is 6.68. The van der Waals surface area contributed by atoms with Crippen LogP contribution in [0.1, 0.15) is 68.1 Å². The van der Waals surface area contributed by atoms with E-state index in [1.165, 1.54) is 65.4 Å². The zero-order valence-electron chi connectivity index (χ0n) is 18.8. The molecule has 1 aliphatic rings. The van der Waals surface area contributed by atoms with E-state index in [9.17, 15) is 5.11 Å². The minimum atomic E-state index is 0.273. The zero-order valence-corrected chi connectivity index (χ0v) is 20.3. The van der Waals surface area contributed by atoms with Crippen molar-refractivity contribution >= 4 is 32.5 Å². The van der Waals surface area contributed by atoms with Gasteiger partial charge in [0.15, 0.2) is 0 Å². The van der Waals surface area contributed by atoms with Crippen molar-refractivity contribution in [3.63, 3.8) is 0 Å². The smallest absolute Gasteiger partial charge is 0.0457 e. The van der Waals surface area contributed by atoms with Gasteiger partial charge in [-0.05, 0) is 79.8 Å². The number of H-pyrrole nitrogens is 1. The summed E-state index contributed by atoms with van der Waals surface area (Å²) in [5, 5.41) is 14.8. The molecule has 0 fully saturated rings. The summed E-state index contributed by atoms with van der Waals surface area (Å²) >= 11 is 3.59. The van der Waals surface area contributed by atoms with E-state index in [0.29, 0.717) is 17.9 Å². The Labute approximate surface area is 194 Å². The van der Waals surface area contributed by atoms with Crippen LogP contribution in [0.3, 0.4) is 0 Å². The quantitative estimate of drug-likeness (QED) is 0.279. The van der Waals surface area contributed by atoms with Crippen molar-refractivity contribution in [3.8, 4) is 0 Å². The number of anilines is 1. The predicted octanol–water partition coefficient (Wildman–Crippen LogP) is 7.33. The standard InChI is InChI=1S/C27H35BrN2O/c1-18-9-11-27-23(15-18)19(2)22(13-14-31)26(30-27)8-6-4-3-5-7-20-17-29-25-12-10-21(28)16-24(20)25/h9-12,15-17,19,22,26,29-31H,3-8,13-14H2,1-2H3/t19?,22-,26?/m1/s1. The van der Waals surface area contributed by atoms with Crippen molar-refractivity contribution in [2.75, 3.05) is 11.9 Å². The molecular formula is C27H35BrN2O. The fraction of sp³-hybridized carbons (Fsp3) is 0.481. The zero-order chi connectivity index (χ0) is 21.8. The fourth-order valence-corrected chi connectivity index (χ4v) is 5.71. The summed E-state index contributed by atoms with van der Waals surface area (Å²) in [7, 11) is 0. The number of aryl methyl sites for hydroxylation is 2. The summed E-state index contributed by atoms with van der Waals surface area (Å²) in [6, 6.07) is 13.7. The van der Waals surface area contributed by atoms with Crippen LogP contribution in [0, 0.1) is 12.8 Å². The molecule has 0 aliphatic carbocycles. The van der Waals surface area contributed by atoms with Gasteiger partial charge in [-0.2, -0.15) is 0 Å². The fourth-order valence-electron chi connectivity index (χ4n) is 5.35. The molecule has 0 spiro atoms. The summed E-state index contributed by atoms with van der Waals surface area (Å²) in [5.74, 6) is 0.999. The largest absolute Gasteiger partial charge is 0.396 e. The SMILES string of the molecule is Cc1ccc2c(c1)C(C)[C@@H](CCO)C(CCCCCCc1c[nH]c3ccc(Br)cc13)N2. The number of aromatic amines is 1. The summed E-state index contributed by atoms with van der Waals surface area (Å²) < 4.78 is 1.14. The second-order valence-electron chi connectivity index (χ2n) is 9.26. The second-order valence-corrected chi connectivity index (χ2v) is 10.2. The molecule has 3 atom stereocenters. The molecule has 2 heterocycles. The molecule has 0 saturated carbocycles. The summed E-state index contributed by atoms with van der Waals surface area (Å²) in [4.78, 5) is 3.39. The lowest BCUT2D eigenvalue weighted by molar-refractivity contribution is 0.223. The summed E-state index contributed by atoms with van der Waals surface area (Å²) in [6.07, 6.45) is 10.4. The van der Waals surface area contributed by atoms with Gasteiger partial charge in [0.05, 0.1) is 0 Å². The van der Waals surface area contributed by atoms with Gasteiger partial charge in [0, 0.05) is 39.9 Å². The number of aromatic nitrogens is 1. The van der Waals surface area contributed by atoms with E-state index in [2.05, 4.69) is 82.7 Å². The van der Waals surface area contributed by atoms with Crippen LogP contribution >= 0.6 is 15.9 Å². The van der Waals surface area contributed by atoms with E-state index in [-0.39, 0.29) is 6.61 Å². The van der Waals surface area contributed by atoms with Gasteiger partial charge < -0.3 is 15.4 Å². The maximum absolute atomic E-state index is 9.65. The number of halogens is 1. The molecule has 0 saturated heterocycles. The van der Waals surface area contributed by atoms with E-state index in [0.717, 1.165) is 17.3 Å². The first-order valence-corrected chi connectivity index (χ1v) is 12.6. The van der Waals surface area contributed by atoms with Gasteiger partial charge in [-0.15, -0.1) is 0 Å². The van der Waals surface area contributed by atoms with Crippen molar-refractivity contribution in [1.29, 1.82) is 0 Å². The first-order valence-electron chi connectivity index (χ1n) is 11.8. The molecule has 1 aromatic heterocycles. The normalized spacial score (nSPS) is 20.6. The number of unbranched alkanes of at least 4 members (excludes halogenated alkanes) is 3. The van der Waals surface area contributed by atoms with Gasteiger partial charge in [-0.3, -0.25) is 0 Å². The molecule has 1 aliphatic heterocycles. The van der Waals surface area contributed by atoms with Gasteiger partial charge in [0.2, 0.25) is 0 Å². The number of aliphatic hydroxyl groups is 1. The van der Waals surface area contributed by atoms with Gasteiger partial charge in [0.1, 0.15) is 0 Å². The number of hydrogen-bond donors (Lipinski definition) is 3. The predicted molar refractivity (Wildman–Crippen MR) is 135 cm³/mol. The minimum absolute atomic E-state index is 0.273. The van der Waals surface area contributed by atoms with Gasteiger partial charge >= 0.3 is 0 Å². The minimum Gasteiger partial charge on any atom is -0.396 e. The number of rotatable bonds is 9. The highest BCUT2D eigenvalue weighted by atomic mass is 79.9. The monoisotopic (exact) mass is 482 g/mol. The maximum atomic E-state index is 9.65. The van der Waals surface area contributed by atoms with Crippen LogP contribution in [0.2, 0.25) is 0 Å². The molecule has 0 amide bonds. The first kappa shape index (κ1) is 22.4. The lowest BCUT2D eigenvalue weighted by Gasteiger charge is -2.39. The highest BCUT2D eigenvalue weighted by Gasteiger charge is 2.33.